The average Bonchev–Trinajstić information content (AvgIpc) is 3.31. The second-order valence-electron chi connectivity index (χ2n) is 11.8. The molecule has 4 aromatic rings. The van der Waals surface area contributed by atoms with Crippen molar-refractivity contribution < 1.29 is 29.3 Å². The first-order valence-corrected chi connectivity index (χ1v) is 15.7. The Morgan fingerprint density at radius 3 is 2.34 bits per heavy atom. The first-order chi connectivity index (χ1) is 22.8. The summed E-state index contributed by atoms with van der Waals surface area (Å²) >= 11 is 0. The molecule has 2 N–H and O–H groups in total. The van der Waals surface area contributed by atoms with Crippen molar-refractivity contribution >= 4 is 34.8 Å². The molecule has 0 saturated heterocycles. The van der Waals surface area contributed by atoms with E-state index in [1.54, 1.807) is 45.9 Å². The number of amides is 3. The number of carbonyl (C=O) groups is 3. The molecular weight excluding hydrogens is 594 g/mol. The quantitative estimate of drug-likeness (QED) is 0.224. The Morgan fingerprint density at radius 1 is 0.915 bits per heavy atom. The van der Waals surface area contributed by atoms with E-state index in [-0.39, 0.29) is 44.5 Å². The van der Waals surface area contributed by atoms with Crippen LogP contribution in [-0.4, -0.2) is 52.6 Å². The third kappa shape index (κ3) is 6.27. The number of aliphatic hydroxyl groups excluding tert-OH is 1. The normalized spacial score (nSPS) is 17.8. The number of rotatable bonds is 11. The maximum absolute atomic E-state index is 14.0. The standard InChI is InChI=1S/C38H37N3O6/c1-27(10-9-17-35(43)39(22-23-42)24-28-11-3-2-4-12-28)38(46)31-13-5-6-14-32(31)40(37(38)45)25-29-18-20-30(21-19-29)41-33-15-7-8-16-34(33)47-26-36(41)44/h2-16,18-21,27,42,46H,17,22-26H2,1H3/b10-9+/t27-,38+/m1/s1. The van der Waals surface area contributed by atoms with Crippen molar-refractivity contribution in [3.05, 3.63) is 132 Å². The van der Waals surface area contributed by atoms with Gasteiger partial charge in [0, 0.05) is 36.7 Å². The first-order valence-electron chi connectivity index (χ1n) is 15.7. The molecule has 4 aromatic carbocycles. The van der Waals surface area contributed by atoms with Gasteiger partial charge in [-0.25, -0.2) is 0 Å². The third-order valence-corrected chi connectivity index (χ3v) is 8.73. The molecule has 2 atom stereocenters. The number of nitrogens with zero attached hydrogens (tertiary/aromatic N) is 3. The lowest BCUT2D eigenvalue weighted by atomic mass is 9.83. The van der Waals surface area contributed by atoms with Gasteiger partial charge in [0.1, 0.15) is 5.75 Å². The summed E-state index contributed by atoms with van der Waals surface area (Å²) < 4.78 is 5.57. The predicted octanol–water partition coefficient (Wildman–Crippen LogP) is 5.08. The molecule has 0 aromatic heterocycles. The second-order valence-corrected chi connectivity index (χ2v) is 11.8. The molecule has 240 valence electrons. The summed E-state index contributed by atoms with van der Waals surface area (Å²) in [6, 6.07) is 31.6. The number of benzene rings is 4. The van der Waals surface area contributed by atoms with Gasteiger partial charge in [0.25, 0.3) is 11.8 Å². The van der Waals surface area contributed by atoms with E-state index in [0.717, 1.165) is 11.1 Å². The zero-order chi connectivity index (χ0) is 33.0. The summed E-state index contributed by atoms with van der Waals surface area (Å²) in [6.07, 6.45) is 3.46. The molecule has 6 rings (SSSR count). The highest BCUT2D eigenvalue weighted by Gasteiger charge is 2.52. The molecule has 0 fully saturated rings. The molecule has 0 radical (unpaired) electrons. The maximum atomic E-state index is 14.0. The van der Waals surface area contributed by atoms with Crippen LogP contribution in [0.3, 0.4) is 0 Å². The van der Waals surface area contributed by atoms with Gasteiger partial charge in [-0.05, 0) is 41.5 Å². The largest absolute Gasteiger partial charge is 0.482 e. The van der Waals surface area contributed by atoms with Gasteiger partial charge in [-0.1, -0.05) is 91.9 Å². The van der Waals surface area contributed by atoms with Gasteiger partial charge in [-0.2, -0.15) is 0 Å². The molecule has 9 heteroatoms. The van der Waals surface area contributed by atoms with Crippen LogP contribution in [0.15, 0.2) is 115 Å². The van der Waals surface area contributed by atoms with Crippen molar-refractivity contribution in [2.75, 3.05) is 29.6 Å². The van der Waals surface area contributed by atoms with E-state index in [1.807, 2.05) is 91.0 Å². The number of fused-ring (bicyclic) bond motifs is 2. The fourth-order valence-electron chi connectivity index (χ4n) is 6.23. The van der Waals surface area contributed by atoms with Crippen LogP contribution in [0.1, 0.15) is 30.0 Å². The number of para-hydroxylation sites is 3. The van der Waals surface area contributed by atoms with Crippen LogP contribution < -0.4 is 14.5 Å². The predicted molar refractivity (Wildman–Crippen MR) is 179 cm³/mol. The third-order valence-electron chi connectivity index (χ3n) is 8.73. The lowest BCUT2D eigenvalue weighted by Gasteiger charge is -2.29. The van der Waals surface area contributed by atoms with Crippen molar-refractivity contribution in [1.29, 1.82) is 0 Å². The Hall–Kier alpha value is -5.25. The van der Waals surface area contributed by atoms with Crippen LogP contribution in [-0.2, 0) is 33.1 Å². The van der Waals surface area contributed by atoms with E-state index in [4.69, 9.17) is 4.74 Å². The van der Waals surface area contributed by atoms with Gasteiger partial charge in [0.15, 0.2) is 12.2 Å². The zero-order valence-corrected chi connectivity index (χ0v) is 26.2. The summed E-state index contributed by atoms with van der Waals surface area (Å²) in [5, 5.41) is 21.5. The van der Waals surface area contributed by atoms with Crippen molar-refractivity contribution in [3.8, 4) is 5.75 Å². The summed E-state index contributed by atoms with van der Waals surface area (Å²) in [4.78, 5) is 44.6. The molecule has 0 saturated carbocycles. The molecule has 2 heterocycles. The van der Waals surface area contributed by atoms with Crippen LogP contribution in [0.5, 0.6) is 5.75 Å². The Morgan fingerprint density at radius 2 is 1.60 bits per heavy atom. The highest BCUT2D eigenvalue weighted by atomic mass is 16.5. The molecule has 0 bridgehead atoms. The number of carbonyl (C=O) groups excluding carboxylic acids is 3. The number of anilines is 3. The van der Waals surface area contributed by atoms with E-state index in [9.17, 15) is 24.6 Å². The van der Waals surface area contributed by atoms with Crippen molar-refractivity contribution in [2.24, 2.45) is 5.92 Å². The summed E-state index contributed by atoms with van der Waals surface area (Å²) in [5.74, 6) is -0.786. The van der Waals surface area contributed by atoms with Crippen molar-refractivity contribution in [1.82, 2.24) is 4.90 Å². The molecule has 2 aliphatic rings. The molecule has 9 nitrogen and oxygen atoms in total. The molecule has 0 unspecified atom stereocenters. The minimum atomic E-state index is -1.82. The molecule has 47 heavy (non-hydrogen) atoms. The molecule has 3 amide bonds. The van der Waals surface area contributed by atoms with Crippen LogP contribution >= 0.6 is 0 Å². The minimum absolute atomic E-state index is 0.0498. The van der Waals surface area contributed by atoms with Gasteiger partial charge in [0.05, 0.1) is 24.5 Å². The molecule has 0 aliphatic carbocycles. The van der Waals surface area contributed by atoms with E-state index >= 15 is 0 Å². The molecular formula is C38H37N3O6. The molecule has 2 aliphatic heterocycles. The lowest BCUT2D eigenvalue weighted by Crippen LogP contribution is -2.44. The SMILES string of the molecule is C[C@H](/C=C/CC(=O)N(CCO)Cc1ccccc1)[C@@]1(O)C(=O)N(Cc2ccc(N3C(=O)COc4ccccc43)cc2)c2ccccc21. The number of hydrogen-bond acceptors (Lipinski definition) is 6. The van der Waals surface area contributed by atoms with Crippen LogP contribution in [0.25, 0.3) is 0 Å². The fraction of sp³-hybridized carbons (Fsp3) is 0.237. The second kappa shape index (κ2) is 13.6. The van der Waals surface area contributed by atoms with E-state index in [0.29, 0.717) is 34.9 Å². The Labute approximate surface area is 273 Å². The minimum Gasteiger partial charge on any atom is -0.482 e. The monoisotopic (exact) mass is 631 g/mol. The molecule has 0 spiro atoms. The number of ether oxygens (including phenoxy) is 1. The van der Waals surface area contributed by atoms with Crippen LogP contribution in [0, 0.1) is 5.92 Å². The van der Waals surface area contributed by atoms with Gasteiger partial charge in [-0.3, -0.25) is 19.3 Å². The highest BCUT2D eigenvalue weighted by Crippen LogP contribution is 2.46. The van der Waals surface area contributed by atoms with E-state index in [2.05, 4.69) is 0 Å². The highest BCUT2D eigenvalue weighted by molar-refractivity contribution is 6.07. The number of aliphatic hydroxyl groups is 2. The van der Waals surface area contributed by atoms with Gasteiger partial charge < -0.3 is 24.7 Å². The smallest absolute Gasteiger partial charge is 0.269 e. The zero-order valence-electron chi connectivity index (χ0n) is 26.2. The van der Waals surface area contributed by atoms with Crippen molar-refractivity contribution in [2.45, 2.75) is 32.0 Å². The summed E-state index contributed by atoms with van der Waals surface area (Å²) in [7, 11) is 0. The van der Waals surface area contributed by atoms with E-state index in [1.165, 1.54) is 0 Å². The Balaban J connectivity index is 1.17. The van der Waals surface area contributed by atoms with Crippen LogP contribution in [0.4, 0.5) is 17.1 Å². The van der Waals surface area contributed by atoms with Gasteiger partial charge >= 0.3 is 0 Å². The maximum Gasteiger partial charge on any atom is 0.269 e. The summed E-state index contributed by atoms with van der Waals surface area (Å²) in [6.45, 7) is 2.37. The Kier molecular flexibility index (Phi) is 9.19. The first kappa shape index (κ1) is 31.7. The number of hydrogen-bond donors (Lipinski definition) is 2. The van der Waals surface area contributed by atoms with Gasteiger partial charge in [0.2, 0.25) is 5.91 Å². The topological polar surface area (TPSA) is 111 Å². The summed E-state index contributed by atoms with van der Waals surface area (Å²) in [5.41, 5.74) is 2.45. The lowest BCUT2D eigenvalue weighted by molar-refractivity contribution is -0.139. The average molecular weight is 632 g/mol. The van der Waals surface area contributed by atoms with Gasteiger partial charge in [-0.15, -0.1) is 0 Å². The fourth-order valence-corrected chi connectivity index (χ4v) is 6.23. The van der Waals surface area contributed by atoms with Crippen molar-refractivity contribution in [3.63, 3.8) is 0 Å². The van der Waals surface area contributed by atoms with Crippen LogP contribution in [0.2, 0.25) is 0 Å². The Bertz CT molecular complexity index is 1790. The van der Waals surface area contributed by atoms with E-state index < -0.39 is 17.4 Å².